The zero-order valence-electron chi connectivity index (χ0n) is 19.1. The first-order chi connectivity index (χ1) is 15.1. The first-order valence-corrected chi connectivity index (χ1v) is 13.0. The molecule has 1 fully saturated rings. The van der Waals surface area contributed by atoms with Crippen molar-refractivity contribution < 1.29 is 13.2 Å². The highest BCUT2D eigenvalue weighted by Crippen LogP contribution is 2.23. The minimum Gasteiger partial charge on any atom is -0.339 e. The van der Waals surface area contributed by atoms with E-state index in [0.29, 0.717) is 44.2 Å². The average Bonchev–Trinajstić information content (AvgIpc) is 3.00. The lowest BCUT2D eigenvalue weighted by atomic mass is 10.0. The van der Waals surface area contributed by atoms with E-state index in [-0.39, 0.29) is 11.9 Å². The van der Waals surface area contributed by atoms with Crippen LogP contribution in [-0.2, 0) is 21.4 Å². The van der Waals surface area contributed by atoms with Crippen molar-refractivity contribution in [2.24, 2.45) is 0 Å². The zero-order chi connectivity index (χ0) is 23.5. The lowest BCUT2D eigenvalue weighted by Crippen LogP contribution is -2.48. The molecule has 3 rings (SSSR count). The molecule has 0 radical (unpaired) electrons. The number of aromatic nitrogens is 2. The Balaban J connectivity index is 1.63. The van der Waals surface area contributed by atoms with E-state index in [4.69, 9.17) is 11.6 Å². The van der Waals surface area contributed by atoms with E-state index in [1.54, 1.807) is 15.7 Å². The molecule has 174 valence electrons. The van der Waals surface area contributed by atoms with Crippen LogP contribution in [0.4, 0.5) is 0 Å². The molecule has 2 heterocycles. The predicted molar refractivity (Wildman–Crippen MR) is 128 cm³/mol. The van der Waals surface area contributed by atoms with Crippen molar-refractivity contribution in [3.63, 3.8) is 0 Å². The molecule has 0 aliphatic carbocycles. The summed E-state index contributed by atoms with van der Waals surface area (Å²) in [6.45, 7) is 7.82. The number of sulfonamides is 1. The number of halogens is 1. The minimum absolute atomic E-state index is 0.0558. The normalized spacial score (nSPS) is 15.8. The fraction of sp³-hybridized carbons (Fsp3) is 0.478. The maximum absolute atomic E-state index is 12.7. The molecule has 0 spiro atoms. The Kier molecular flexibility index (Phi) is 7.79. The average molecular weight is 479 g/mol. The molecule has 1 amide bonds. The maximum Gasteiger partial charge on any atom is 0.246 e. The molecule has 1 aromatic carbocycles. The monoisotopic (exact) mass is 478 g/mol. The van der Waals surface area contributed by atoms with Crippen molar-refractivity contribution in [3.8, 4) is 0 Å². The second-order valence-electron chi connectivity index (χ2n) is 8.29. The van der Waals surface area contributed by atoms with Crippen LogP contribution in [0.5, 0.6) is 0 Å². The number of aryl methyl sites for hydroxylation is 2. The number of nitrogens with zero attached hydrogens (tertiary/aromatic N) is 4. The van der Waals surface area contributed by atoms with Gasteiger partial charge in [-0.2, -0.15) is 9.40 Å². The molecule has 0 N–H and O–H groups in total. The van der Waals surface area contributed by atoms with Crippen LogP contribution in [0.1, 0.15) is 42.1 Å². The van der Waals surface area contributed by atoms with Gasteiger partial charge < -0.3 is 4.90 Å². The SMILES string of the molecule is CCN(C1CCN(C(=O)/C=C/c2c(C)nn(Cc3ccc(C)cc3)c2Cl)CC1)S(C)(=O)=O. The van der Waals surface area contributed by atoms with Crippen molar-refractivity contribution in [3.05, 3.63) is 57.9 Å². The Morgan fingerprint density at radius 1 is 1.22 bits per heavy atom. The van der Waals surface area contributed by atoms with Gasteiger partial charge in [0.25, 0.3) is 0 Å². The van der Waals surface area contributed by atoms with E-state index in [0.717, 1.165) is 16.8 Å². The molecular formula is C23H31ClN4O3S. The number of likely N-dealkylation sites (tertiary alicyclic amines) is 1. The van der Waals surface area contributed by atoms with Crippen molar-refractivity contribution in [1.29, 1.82) is 0 Å². The highest BCUT2D eigenvalue weighted by atomic mass is 35.5. The van der Waals surface area contributed by atoms with Gasteiger partial charge >= 0.3 is 0 Å². The second-order valence-corrected chi connectivity index (χ2v) is 10.6. The van der Waals surface area contributed by atoms with Crippen LogP contribution in [-0.4, -0.2) is 65.2 Å². The Morgan fingerprint density at radius 2 is 1.84 bits per heavy atom. The third-order valence-electron chi connectivity index (χ3n) is 5.88. The first-order valence-electron chi connectivity index (χ1n) is 10.8. The quantitative estimate of drug-likeness (QED) is 0.571. The Labute approximate surface area is 195 Å². The van der Waals surface area contributed by atoms with E-state index < -0.39 is 10.0 Å². The van der Waals surface area contributed by atoms with E-state index in [2.05, 4.69) is 29.4 Å². The summed E-state index contributed by atoms with van der Waals surface area (Å²) in [5.74, 6) is -0.104. The Hall–Kier alpha value is -2.16. The summed E-state index contributed by atoms with van der Waals surface area (Å²) in [7, 11) is -3.24. The van der Waals surface area contributed by atoms with Gasteiger partial charge in [0.15, 0.2) is 0 Å². The van der Waals surface area contributed by atoms with Crippen LogP contribution in [0, 0.1) is 13.8 Å². The van der Waals surface area contributed by atoms with Crippen LogP contribution < -0.4 is 0 Å². The van der Waals surface area contributed by atoms with Gasteiger partial charge in [-0.3, -0.25) is 4.79 Å². The van der Waals surface area contributed by atoms with Gasteiger partial charge in [0.2, 0.25) is 15.9 Å². The fourth-order valence-corrected chi connectivity index (χ4v) is 5.64. The lowest BCUT2D eigenvalue weighted by Gasteiger charge is -2.36. The van der Waals surface area contributed by atoms with Crippen LogP contribution in [0.2, 0.25) is 5.15 Å². The summed E-state index contributed by atoms with van der Waals surface area (Å²) in [5.41, 5.74) is 3.79. The number of benzene rings is 1. The summed E-state index contributed by atoms with van der Waals surface area (Å²) in [6, 6.07) is 8.15. The molecule has 7 nitrogen and oxygen atoms in total. The predicted octanol–water partition coefficient (Wildman–Crippen LogP) is 3.49. The second kappa shape index (κ2) is 10.2. The van der Waals surface area contributed by atoms with Gasteiger partial charge in [0.1, 0.15) is 5.15 Å². The van der Waals surface area contributed by atoms with E-state index >= 15 is 0 Å². The number of piperidine rings is 1. The third kappa shape index (κ3) is 5.79. The highest BCUT2D eigenvalue weighted by Gasteiger charge is 2.30. The van der Waals surface area contributed by atoms with Crippen molar-refractivity contribution >= 4 is 33.6 Å². The summed E-state index contributed by atoms with van der Waals surface area (Å²) in [4.78, 5) is 14.5. The third-order valence-corrected chi connectivity index (χ3v) is 7.68. The van der Waals surface area contributed by atoms with Gasteiger partial charge in [-0.1, -0.05) is 48.4 Å². The number of hydrogen-bond donors (Lipinski definition) is 0. The van der Waals surface area contributed by atoms with Crippen LogP contribution in [0.15, 0.2) is 30.3 Å². The fourth-order valence-electron chi connectivity index (χ4n) is 4.13. The van der Waals surface area contributed by atoms with E-state index in [1.807, 2.05) is 20.8 Å². The number of hydrogen-bond acceptors (Lipinski definition) is 4. The minimum atomic E-state index is -3.24. The smallest absolute Gasteiger partial charge is 0.246 e. The van der Waals surface area contributed by atoms with E-state index in [9.17, 15) is 13.2 Å². The number of carbonyl (C=O) groups is 1. The topological polar surface area (TPSA) is 75.5 Å². The zero-order valence-corrected chi connectivity index (χ0v) is 20.7. The van der Waals surface area contributed by atoms with Gasteiger partial charge in [0.05, 0.1) is 18.5 Å². The number of carbonyl (C=O) groups excluding carboxylic acids is 1. The summed E-state index contributed by atoms with van der Waals surface area (Å²) < 4.78 is 27.2. The molecule has 1 saturated heterocycles. The molecule has 0 atom stereocenters. The maximum atomic E-state index is 12.7. The van der Waals surface area contributed by atoms with Crippen LogP contribution >= 0.6 is 11.6 Å². The van der Waals surface area contributed by atoms with Crippen LogP contribution in [0.25, 0.3) is 6.08 Å². The Bertz CT molecular complexity index is 1090. The largest absolute Gasteiger partial charge is 0.339 e. The summed E-state index contributed by atoms with van der Waals surface area (Å²) >= 11 is 6.55. The number of rotatable bonds is 7. The molecule has 0 saturated carbocycles. The summed E-state index contributed by atoms with van der Waals surface area (Å²) in [5, 5.41) is 5.02. The molecule has 2 aromatic rings. The van der Waals surface area contributed by atoms with Gasteiger partial charge in [0, 0.05) is 37.3 Å². The van der Waals surface area contributed by atoms with E-state index in [1.165, 1.54) is 22.2 Å². The molecule has 1 aliphatic rings. The van der Waals surface area contributed by atoms with Gasteiger partial charge in [-0.05, 0) is 38.3 Å². The molecule has 9 heteroatoms. The molecular weight excluding hydrogens is 448 g/mol. The van der Waals surface area contributed by atoms with Gasteiger partial charge in [-0.25, -0.2) is 13.1 Å². The first kappa shape index (κ1) is 24.5. The van der Waals surface area contributed by atoms with Crippen molar-refractivity contribution in [2.45, 2.75) is 46.2 Å². The van der Waals surface area contributed by atoms with Crippen molar-refractivity contribution in [2.75, 3.05) is 25.9 Å². The standard InChI is InChI=1S/C23H31ClN4O3S/c1-5-28(32(4,30)31)20-12-14-26(15-13-20)22(29)11-10-21-18(3)25-27(23(21)24)16-19-8-6-17(2)7-9-19/h6-11,20H,5,12-16H2,1-4H3/b11-10+. The molecule has 0 bridgehead atoms. The van der Waals surface area contributed by atoms with Gasteiger partial charge in [-0.15, -0.1) is 0 Å². The highest BCUT2D eigenvalue weighted by molar-refractivity contribution is 7.88. The molecule has 1 aliphatic heterocycles. The van der Waals surface area contributed by atoms with Crippen LogP contribution in [0.3, 0.4) is 0 Å². The van der Waals surface area contributed by atoms with Crippen molar-refractivity contribution in [1.82, 2.24) is 19.0 Å². The molecule has 0 unspecified atom stereocenters. The summed E-state index contributed by atoms with van der Waals surface area (Å²) in [6.07, 6.45) is 5.76. The Morgan fingerprint density at radius 3 is 2.41 bits per heavy atom. The number of amides is 1. The molecule has 32 heavy (non-hydrogen) atoms. The lowest BCUT2D eigenvalue weighted by molar-refractivity contribution is -0.127. The molecule has 1 aromatic heterocycles.